The van der Waals surface area contributed by atoms with Crippen molar-refractivity contribution in [1.29, 1.82) is 0 Å². The molecule has 3 heterocycles. The third-order valence-corrected chi connectivity index (χ3v) is 4.86. The second-order valence-corrected chi connectivity index (χ2v) is 6.65. The summed E-state index contributed by atoms with van der Waals surface area (Å²) in [6.07, 6.45) is 1.62. The van der Waals surface area contributed by atoms with E-state index in [0.29, 0.717) is 22.8 Å². The van der Waals surface area contributed by atoms with Crippen molar-refractivity contribution in [3.63, 3.8) is 0 Å². The minimum atomic E-state index is -1.10. The molecule has 1 unspecified atom stereocenters. The van der Waals surface area contributed by atoms with E-state index in [4.69, 9.17) is 4.74 Å². The van der Waals surface area contributed by atoms with E-state index in [1.54, 1.807) is 12.1 Å². The lowest BCUT2D eigenvalue weighted by Gasteiger charge is -2.35. The van der Waals surface area contributed by atoms with Crippen LogP contribution in [0.4, 0.5) is 5.69 Å². The Morgan fingerprint density at radius 2 is 2.22 bits per heavy atom. The number of hydrogen-bond donors (Lipinski definition) is 2. The molecule has 1 aromatic heterocycles. The summed E-state index contributed by atoms with van der Waals surface area (Å²) in [5.74, 6) is -1.35. The Balaban J connectivity index is 1.61. The number of aromatic nitrogens is 2. The maximum Gasteiger partial charge on any atom is 0.326 e. The summed E-state index contributed by atoms with van der Waals surface area (Å²) in [6, 6.07) is 4.38. The Kier molecular flexibility index (Phi) is 4.06. The van der Waals surface area contributed by atoms with E-state index in [-0.39, 0.29) is 32.0 Å². The van der Waals surface area contributed by atoms with Crippen molar-refractivity contribution < 1.29 is 24.2 Å². The number of imidazole rings is 1. The number of ether oxygens (including phenoxy) is 1. The first kappa shape index (κ1) is 17.1. The number of carbonyl (C=O) groups is 3. The zero-order chi connectivity index (χ0) is 19.1. The minimum Gasteiger partial charge on any atom is -0.482 e. The van der Waals surface area contributed by atoms with Crippen LogP contribution in [0.2, 0.25) is 0 Å². The number of nitrogens with one attached hydrogen (secondary N) is 1. The van der Waals surface area contributed by atoms with Crippen LogP contribution in [0, 0.1) is 6.92 Å². The van der Waals surface area contributed by atoms with E-state index in [0.717, 1.165) is 5.56 Å². The molecule has 2 aliphatic rings. The number of H-pyrrole nitrogens is 1. The number of rotatable bonds is 3. The van der Waals surface area contributed by atoms with Gasteiger partial charge >= 0.3 is 5.97 Å². The van der Waals surface area contributed by atoms with Crippen molar-refractivity contribution in [3.8, 4) is 5.75 Å². The summed E-state index contributed by atoms with van der Waals surface area (Å²) in [6.45, 7) is 1.59. The van der Waals surface area contributed by atoms with Gasteiger partial charge in [0.25, 0.3) is 5.91 Å². The van der Waals surface area contributed by atoms with Gasteiger partial charge in [-0.3, -0.25) is 14.5 Å². The molecule has 1 atom stereocenters. The lowest BCUT2D eigenvalue weighted by molar-refractivity contribution is -0.151. The molecule has 0 spiro atoms. The zero-order valence-corrected chi connectivity index (χ0v) is 14.6. The van der Waals surface area contributed by atoms with Crippen LogP contribution in [0.5, 0.6) is 5.75 Å². The van der Waals surface area contributed by atoms with Gasteiger partial charge in [0, 0.05) is 6.42 Å². The SMILES string of the molecule is Cc1ccc2c(c1)N(CC(=O)N1Cc3[nH]cnc3CC1C(=O)O)C(=O)CO2. The van der Waals surface area contributed by atoms with E-state index >= 15 is 0 Å². The largest absolute Gasteiger partial charge is 0.482 e. The average molecular weight is 370 g/mol. The molecule has 27 heavy (non-hydrogen) atoms. The Bertz CT molecular complexity index is 938. The predicted molar refractivity (Wildman–Crippen MR) is 93.3 cm³/mol. The molecule has 9 nitrogen and oxygen atoms in total. The Hall–Kier alpha value is -3.36. The molecule has 0 bridgehead atoms. The fourth-order valence-corrected chi connectivity index (χ4v) is 3.43. The van der Waals surface area contributed by atoms with Gasteiger partial charge < -0.3 is 19.7 Å². The molecular weight excluding hydrogens is 352 g/mol. The number of aromatic amines is 1. The van der Waals surface area contributed by atoms with E-state index in [9.17, 15) is 19.5 Å². The second kappa shape index (κ2) is 6.42. The van der Waals surface area contributed by atoms with Gasteiger partial charge in [-0.2, -0.15) is 0 Å². The lowest BCUT2D eigenvalue weighted by atomic mass is 10.0. The van der Waals surface area contributed by atoms with Crippen LogP contribution < -0.4 is 9.64 Å². The number of carboxylic acids is 1. The minimum absolute atomic E-state index is 0.115. The quantitative estimate of drug-likeness (QED) is 0.812. The van der Waals surface area contributed by atoms with Gasteiger partial charge in [0.15, 0.2) is 6.61 Å². The number of aliphatic carboxylic acids is 1. The molecule has 0 fully saturated rings. The molecular formula is C18H18N4O5. The maximum atomic E-state index is 12.9. The molecule has 2 amide bonds. The van der Waals surface area contributed by atoms with Crippen LogP contribution >= 0.6 is 0 Å². The number of anilines is 1. The molecule has 140 valence electrons. The third kappa shape index (κ3) is 3.01. The zero-order valence-electron chi connectivity index (χ0n) is 14.6. The molecule has 2 aromatic rings. The summed E-state index contributed by atoms with van der Waals surface area (Å²) < 4.78 is 5.42. The molecule has 2 N–H and O–H groups in total. The molecule has 4 rings (SSSR count). The molecule has 9 heteroatoms. The Morgan fingerprint density at radius 1 is 1.41 bits per heavy atom. The van der Waals surface area contributed by atoms with Gasteiger partial charge in [0.05, 0.1) is 29.9 Å². The van der Waals surface area contributed by atoms with Gasteiger partial charge in [0.1, 0.15) is 18.3 Å². The normalized spacial score (nSPS) is 18.6. The molecule has 0 radical (unpaired) electrons. The van der Waals surface area contributed by atoms with Gasteiger partial charge in [0.2, 0.25) is 5.91 Å². The van der Waals surface area contributed by atoms with Crippen LogP contribution in [0.3, 0.4) is 0 Å². The monoisotopic (exact) mass is 370 g/mol. The van der Waals surface area contributed by atoms with Gasteiger partial charge in [-0.05, 0) is 24.6 Å². The highest BCUT2D eigenvalue weighted by molar-refractivity contribution is 6.02. The van der Waals surface area contributed by atoms with Crippen LogP contribution in [0.15, 0.2) is 24.5 Å². The van der Waals surface area contributed by atoms with Crippen molar-refractivity contribution in [2.75, 3.05) is 18.1 Å². The summed E-state index contributed by atoms with van der Waals surface area (Å²) in [5, 5.41) is 9.54. The van der Waals surface area contributed by atoms with Crippen LogP contribution in [0.25, 0.3) is 0 Å². The number of aryl methyl sites for hydroxylation is 1. The molecule has 0 saturated carbocycles. The van der Waals surface area contributed by atoms with E-state index in [2.05, 4.69) is 9.97 Å². The summed E-state index contributed by atoms with van der Waals surface area (Å²) in [4.78, 5) is 46.7. The molecule has 0 saturated heterocycles. The van der Waals surface area contributed by atoms with Gasteiger partial charge in [-0.1, -0.05) is 6.07 Å². The van der Waals surface area contributed by atoms with Crippen molar-refractivity contribution in [2.24, 2.45) is 0 Å². The summed E-state index contributed by atoms with van der Waals surface area (Å²) in [5.41, 5.74) is 2.80. The standard InChI is InChI=1S/C18H18N4O5/c1-10-2-3-15-13(4-10)22(17(24)8-27-15)7-16(23)21-6-12-11(19-9-20-12)5-14(21)18(25)26/h2-4,9,14H,5-8H2,1H3,(H,19,20)(H,25,26). The van der Waals surface area contributed by atoms with Crippen molar-refractivity contribution in [1.82, 2.24) is 14.9 Å². The molecule has 2 aliphatic heterocycles. The van der Waals surface area contributed by atoms with E-state index in [1.807, 2.05) is 13.0 Å². The average Bonchev–Trinajstić information content (AvgIpc) is 3.10. The highest BCUT2D eigenvalue weighted by atomic mass is 16.5. The first-order valence-corrected chi connectivity index (χ1v) is 8.51. The Morgan fingerprint density at radius 3 is 3.00 bits per heavy atom. The van der Waals surface area contributed by atoms with E-state index in [1.165, 1.54) is 16.1 Å². The highest BCUT2D eigenvalue weighted by Gasteiger charge is 2.38. The summed E-state index contributed by atoms with van der Waals surface area (Å²) >= 11 is 0. The van der Waals surface area contributed by atoms with Crippen molar-refractivity contribution in [3.05, 3.63) is 41.5 Å². The fraction of sp³-hybridized carbons (Fsp3) is 0.333. The van der Waals surface area contributed by atoms with Crippen LogP contribution in [0.1, 0.15) is 17.0 Å². The van der Waals surface area contributed by atoms with Gasteiger partial charge in [-0.25, -0.2) is 9.78 Å². The molecule has 1 aromatic carbocycles. The summed E-state index contributed by atoms with van der Waals surface area (Å²) in [7, 11) is 0. The smallest absolute Gasteiger partial charge is 0.326 e. The number of carboxylic acid groups (broad SMARTS) is 1. The van der Waals surface area contributed by atoms with Crippen LogP contribution in [-0.2, 0) is 27.3 Å². The number of carbonyl (C=O) groups excluding carboxylic acids is 2. The highest BCUT2D eigenvalue weighted by Crippen LogP contribution is 2.33. The number of nitrogens with zero attached hydrogens (tertiary/aromatic N) is 3. The third-order valence-electron chi connectivity index (χ3n) is 4.86. The molecule has 0 aliphatic carbocycles. The second-order valence-electron chi connectivity index (χ2n) is 6.65. The predicted octanol–water partition coefficient (Wildman–Crippen LogP) is 0.482. The number of benzene rings is 1. The van der Waals surface area contributed by atoms with Crippen molar-refractivity contribution in [2.45, 2.75) is 25.9 Å². The van der Waals surface area contributed by atoms with Crippen LogP contribution in [-0.4, -0.2) is 57.0 Å². The number of hydrogen-bond acceptors (Lipinski definition) is 5. The van der Waals surface area contributed by atoms with E-state index < -0.39 is 17.9 Å². The lowest BCUT2D eigenvalue weighted by Crippen LogP contribution is -2.53. The fourth-order valence-electron chi connectivity index (χ4n) is 3.43. The first-order chi connectivity index (χ1) is 12.9. The van der Waals surface area contributed by atoms with Gasteiger partial charge in [-0.15, -0.1) is 0 Å². The maximum absolute atomic E-state index is 12.9. The Labute approximate surface area is 154 Å². The van der Waals surface area contributed by atoms with Crippen molar-refractivity contribution >= 4 is 23.5 Å². The first-order valence-electron chi connectivity index (χ1n) is 8.51. The number of amides is 2. The number of fused-ring (bicyclic) bond motifs is 2. The topological polar surface area (TPSA) is 116 Å².